The van der Waals surface area contributed by atoms with Gasteiger partial charge >= 0.3 is 0 Å². The van der Waals surface area contributed by atoms with Crippen molar-refractivity contribution in [3.63, 3.8) is 0 Å². The molecule has 0 radical (unpaired) electrons. The summed E-state index contributed by atoms with van der Waals surface area (Å²) in [7, 11) is 2.07. The third kappa shape index (κ3) is 2.61. The molecule has 1 fully saturated rings. The minimum atomic E-state index is 0.357. The number of nitrogens with zero attached hydrogens (tertiary/aromatic N) is 2. The van der Waals surface area contributed by atoms with Crippen molar-refractivity contribution in [1.29, 1.82) is 0 Å². The fourth-order valence-corrected chi connectivity index (χ4v) is 3.12. The number of aromatic nitrogens is 1. The molecule has 102 valence electrons. The first-order chi connectivity index (χ1) is 9.24. The summed E-state index contributed by atoms with van der Waals surface area (Å²) >= 11 is 0. The Morgan fingerprint density at radius 2 is 1.84 bits per heavy atom. The van der Waals surface area contributed by atoms with E-state index in [1.54, 1.807) is 6.07 Å². The van der Waals surface area contributed by atoms with Crippen LogP contribution < -0.4 is 0 Å². The van der Waals surface area contributed by atoms with E-state index in [1.165, 1.54) is 55.2 Å². The molecule has 1 aliphatic rings. The van der Waals surface area contributed by atoms with Crippen LogP contribution in [-0.2, 0) is 13.6 Å². The molecule has 1 aromatic heterocycles. The van der Waals surface area contributed by atoms with Crippen molar-refractivity contribution < 1.29 is 5.11 Å². The second-order valence-electron chi connectivity index (χ2n) is 5.66. The van der Waals surface area contributed by atoms with Crippen LogP contribution in [0.15, 0.2) is 24.4 Å². The second kappa shape index (κ2) is 5.25. The van der Waals surface area contributed by atoms with Gasteiger partial charge in [0.15, 0.2) is 0 Å². The smallest absolute Gasteiger partial charge is 0.116 e. The van der Waals surface area contributed by atoms with Crippen LogP contribution in [0.5, 0.6) is 5.75 Å². The van der Waals surface area contributed by atoms with Crippen LogP contribution in [0, 0.1) is 0 Å². The molecule has 0 amide bonds. The van der Waals surface area contributed by atoms with E-state index < -0.39 is 0 Å². The van der Waals surface area contributed by atoms with Gasteiger partial charge in [-0.3, -0.25) is 4.90 Å². The van der Waals surface area contributed by atoms with Crippen LogP contribution in [0.2, 0.25) is 0 Å². The maximum atomic E-state index is 9.69. The summed E-state index contributed by atoms with van der Waals surface area (Å²) in [5.74, 6) is 0.357. The quantitative estimate of drug-likeness (QED) is 0.895. The van der Waals surface area contributed by atoms with Gasteiger partial charge in [-0.15, -0.1) is 0 Å². The lowest BCUT2D eigenvalue weighted by atomic mass is 10.1. The molecule has 3 heteroatoms. The van der Waals surface area contributed by atoms with E-state index in [2.05, 4.69) is 22.7 Å². The van der Waals surface area contributed by atoms with Crippen molar-refractivity contribution in [3.05, 3.63) is 30.0 Å². The number of likely N-dealkylation sites (tertiary alicyclic amines) is 1. The Balaban J connectivity index is 1.89. The van der Waals surface area contributed by atoms with Crippen LogP contribution in [0.4, 0.5) is 0 Å². The van der Waals surface area contributed by atoms with Gasteiger partial charge in [-0.2, -0.15) is 0 Å². The van der Waals surface area contributed by atoms with Crippen LogP contribution in [-0.4, -0.2) is 27.7 Å². The van der Waals surface area contributed by atoms with Gasteiger partial charge in [0.1, 0.15) is 5.75 Å². The van der Waals surface area contributed by atoms with Gasteiger partial charge in [-0.1, -0.05) is 12.8 Å². The molecule has 3 rings (SSSR count). The van der Waals surface area contributed by atoms with Crippen molar-refractivity contribution in [3.8, 4) is 5.75 Å². The van der Waals surface area contributed by atoms with Gasteiger partial charge in [-0.25, -0.2) is 0 Å². The average molecular weight is 258 g/mol. The van der Waals surface area contributed by atoms with Crippen molar-refractivity contribution >= 4 is 10.9 Å². The van der Waals surface area contributed by atoms with Crippen LogP contribution >= 0.6 is 0 Å². The molecular formula is C16H22N2O. The first kappa shape index (κ1) is 12.5. The highest BCUT2D eigenvalue weighted by Gasteiger charge is 2.13. The van der Waals surface area contributed by atoms with E-state index in [1.807, 2.05) is 12.1 Å². The highest BCUT2D eigenvalue weighted by molar-refractivity contribution is 5.85. The zero-order valence-corrected chi connectivity index (χ0v) is 11.6. The third-order valence-corrected chi connectivity index (χ3v) is 4.15. The number of hydrogen-bond donors (Lipinski definition) is 1. The van der Waals surface area contributed by atoms with Gasteiger partial charge in [0.25, 0.3) is 0 Å². The van der Waals surface area contributed by atoms with Gasteiger partial charge in [-0.05, 0) is 49.7 Å². The van der Waals surface area contributed by atoms with Crippen molar-refractivity contribution in [2.75, 3.05) is 13.1 Å². The summed E-state index contributed by atoms with van der Waals surface area (Å²) in [5, 5.41) is 10.9. The molecule has 0 atom stereocenters. The Bertz CT molecular complexity index is 565. The molecule has 0 unspecified atom stereocenters. The number of phenols is 1. The zero-order valence-electron chi connectivity index (χ0n) is 11.6. The number of fused-ring (bicyclic) bond motifs is 1. The molecule has 0 aliphatic carbocycles. The largest absolute Gasteiger partial charge is 0.508 e. The SMILES string of the molecule is Cn1cc(CN2CCCCCC2)c2cc(O)ccc21. The monoisotopic (exact) mass is 258 g/mol. The summed E-state index contributed by atoms with van der Waals surface area (Å²) in [6, 6.07) is 5.65. The zero-order chi connectivity index (χ0) is 13.2. The second-order valence-corrected chi connectivity index (χ2v) is 5.66. The van der Waals surface area contributed by atoms with E-state index in [4.69, 9.17) is 0 Å². The van der Waals surface area contributed by atoms with E-state index >= 15 is 0 Å². The van der Waals surface area contributed by atoms with Gasteiger partial charge in [0.05, 0.1) is 0 Å². The lowest BCUT2D eigenvalue weighted by Crippen LogP contribution is -2.23. The normalized spacial score (nSPS) is 17.7. The van der Waals surface area contributed by atoms with E-state index in [0.717, 1.165) is 6.54 Å². The minimum Gasteiger partial charge on any atom is -0.508 e. The number of benzene rings is 1. The maximum Gasteiger partial charge on any atom is 0.116 e. The lowest BCUT2D eigenvalue weighted by Gasteiger charge is -2.19. The Labute approximate surface area is 114 Å². The molecule has 1 saturated heterocycles. The number of hydrogen-bond acceptors (Lipinski definition) is 2. The molecule has 2 aromatic rings. The highest BCUT2D eigenvalue weighted by atomic mass is 16.3. The topological polar surface area (TPSA) is 28.4 Å². The standard InChI is InChI=1S/C16H22N2O/c1-17-11-13(12-18-8-4-2-3-5-9-18)15-10-14(19)6-7-16(15)17/h6-7,10-11,19H,2-5,8-9,12H2,1H3. The van der Waals surface area contributed by atoms with E-state index in [-0.39, 0.29) is 0 Å². The van der Waals surface area contributed by atoms with E-state index in [9.17, 15) is 5.11 Å². The van der Waals surface area contributed by atoms with Gasteiger partial charge < -0.3 is 9.67 Å². The van der Waals surface area contributed by atoms with Crippen LogP contribution in [0.1, 0.15) is 31.2 Å². The number of phenolic OH excluding ortho intramolecular Hbond substituents is 1. The molecule has 0 bridgehead atoms. The summed E-state index contributed by atoms with van der Waals surface area (Å²) in [4.78, 5) is 2.55. The summed E-state index contributed by atoms with van der Waals surface area (Å²) in [5.41, 5.74) is 2.53. The Morgan fingerprint density at radius 3 is 2.58 bits per heavy atom. The molecule has 2 heterocycles. The molecule has 1 aromatic carbocycles. The van der Waals surface area contributed by atoms with Crippen LogP contribution in [0.3, 0.4) is 0 Å². The van der Waals surface area contributed by atoms with Crippen molar-refractivity contribution in [2.24, 2.45) is 7.05 Å². The predicted molar refractivity (Wildman–Crippen MR) is 78.3 cm³/mol. The molecule has 19 heavy (non-hydrogen) atoms. The summed E-state index contributed by atoms with van der Waals surface area (Å²) in [6.07, 6.45) is 7.57. The van der Waals surface area contributed by atoms with E-state index in [0.29, 0.717) is 5.75 Å². The molecule has 0 spiro atoms. The molecule has 1 aliphatic heterocycles. The van der Waals surface area contributed by atoms with Gasteiger partial charge in [0.2, 0.25) is 0 Å². The lowest BCUT2D eigenvalue weighted by molar-refractivity contribution is 0.278. The van der Waals surface area contributed by atoms with Crippen molar-refractivity contribution in [2.45, 2.75) is 32.2 Å². The number of rotatable bonds is 2. The molecule has 0 saturated carbocycles. The predicted octanol–water partition coefficient (Wildman–Crippen LogP) is 3.26. The minimum absolute atomic E-state index is 0.357. The molecule has 3 nitrogen and oxygen atoms in total. The fraction of sp³-hybridized carbons (Fsp3) is 0.500. The number of aryl methyl sites for hydroxylation is 1. The van der Waals surface area contributed by atoms with Crippen molar-refractivity contribution in [1.82, 2.24) is 9.47 Å². The van der Waals surface area contributed by atoms with Gasteiger partial charge in [0, 0.05) is 30.7 Å². The highest BCUT2D eigenvalue weighted by Crippen LogP contribution is 2.26. The fourth-order valence-electron chi connectivity index (χ4n) is 3.12. The molecular weight excluding hydrogens is 236 g/mol. The first-order valence-electron chi connectivity index (χ1n) is 7.23. The van der Waals surface area contributed by atoms with Crippen LogP contribution in [0.25, 0.3) is 10.9 Å². The summed E-state index contributed by atoms with van der Waals surface area (Å²) in [6.45, 7) is 3.41. The number of aromatic hydroxyl groups is 1. The third-order valence-electron chi connectivity index (χ3n) is 4.15. The average Bonchev–Trinajstić information content (AvgIpc) is 2.58. The first-order valence-corrected chi connectivity index (χ1v) is 7.23. The maximum absolute atomic E-state index is 9.69. The Kier molecular flexibility index (Phi) is 3.47. The Morgan fingerprint density at radius 1 is 1.11 bits per heavy atom. The summed E-state index contributed by atoms with van der Waals surface area (Å²) < 4.78 is 2.15. The Hall–Kier alpha value is -1.48. The molecule has 1 N–H and O–H groups in total.